The zero-order valence-electron chi connectivity index (χ0n) is 11.6. The molecule has 94 valence electrons. The lowest BCUT2D eigenvalue weighted by molar-refractivity contribution is 0.308. The first-order valence-electron chi connectivity index (χ1n) is 6.81. The Balaban J connectivity index is 0.000000171. The second kappa shape index (κ2) is 7.32. The number of rotatable bonds is 1. The Bertz CT molecular complexity index is 302. The highest BCUT2D eigenvalue weighted by Crippen LogP contribution is 2.27. The molecule has 0 aromatic heterocycles. The molecular weight excluding hydrogens is 204 g/mol. The summed E-state index contributed by atoms with van der Waals surface area (Å²) in [5.74, 6) is 2.04. The highest BCUT2D eigenvalue weighted by Gasteiger charge is 2.13. The highest BCUT2D eigenvalue weighted by atomic mass is 14.2. The van der Waals surface area contributed by atoms with E-state index in [0.717, 1.165) is 11.8 Å². The summed E-state index contributed by atoms with van der Waals surface area (Å²) in [6.07, 6.45) is 7.74. The van der Waals surface area contributed by atoms with Crippen molar-refractivity contribution in [3.63, 3.8) is 0 Å². The molecule has 1 aromatic carbocycles. The van der Waals surface area contributed by atoms with Gasteiger partial charge < -0.3 is 0 Å². The normalized spacial score (nSPS) is 23.5. The average molecular weight is 230 g/mol. The van der Waals surface area contributed by atoms with E-state index in [2.05, 4.69) is 51.6 Å². The van der Waals surface area contributed by atoms with Gasteiger partial charge in [-0.25, -0.2) is 0 Å². The van der Waals surface area contributed by atoms with Gasteiger partial charge in [0, 0.05) is 0 Å². The van der Waals surface area contributed by atoms with E-state index in [9.17, 15) is 0 Å². The van der Waals surface area contributed by atoms with E-state index < -0.39 is 0 Å². The fourth-order valence-corrected chi connectivity index (χ4v) is 2.13. The molecule has 2 rings (SSSR count). The van der Waals surface area contributed by atoms with Crippen LogP contribution in [0.4, 0.5) is 0 Å². The van der Waals surface area contributed by atoms with Crippen LogP contribution in [0, 0.1) is 18.8 Å². The second-order valence-electron chi connectivity index (χ2n) is 5.48. The minimum Gasteiger partial charge on any atom is -0.0985 e. The quantitative estimate of drug-likeness (QED) is 0.600. The van der Waals surface area contributed by atoms with Gasteiger partial charge in [0.2, 0.25) is 0 Å². The Morgan fingerprint density at radius 2 is 1.35 bits per heavy atom. The third-order valence-corrected chi connectivity index (χ3v) is 3.62. The van der Waals surface area contributed by atoms with Crippen molar-refractivity contribution in [2.45, 2.75) is 46.5 Å². The predicted octanol–water partition coefficient (Wildman–Crippen LogP) is 5.47. The summed E-state index contributed by atoms with van der Waals surface area (Å²) in [5.41, 5.74) is 2.47. The van der Waals surface area contributed by atoms with Crippen molar-refractivity contribution in [2.24, 2.45) is 11.8 Å². The van der Waals surface area contributed by atoms with Crippen LogP contribution in [0.3, 0.4) is 0 Å². The Hall–Kier alpha value is -1.04. The van der Waals surface area contributed by atoms with Gasteiger partial charge >= 0.3 is 0 Å². The lowest BCUT2D eigenvalue weighted by Gasteiger charge is -2.22. The van der Waals surface area contributed by atoms with E-state index in [1.165, 1.54) is 36.8 Å². The van der Waals surface area contributed by atoms with Gasteiger partial charge in [-0.2, -0.15) is 0 Å². The average Bonchev–Trinajstić information content (AvgIpc) is 2.35. The molecule has 1 aliphatic rings. The molecule has 0 spiro atoms. The highest BCUT2D eigenvalue weighted by molar-refractivity contribution is 5.46. The second-order valence-corrected chi connectivity index (χ2v) is 5.48. The molecule has 0 nitrogen and oxygen atoms in total. The fourth-order valence-electron chi connectivity index (χ4n) is 2.13. The van der Waals surface area contributed by atoms with E-state index in [1.807, 2.05) is 6.08 Å². The molecule has 1 aromatic rings. The SMILES string of the molecule is C=Cc1ccc(C)cc1.CC1CCC(C)CC1. The predicted molar refractivity (Wildman–Crippen MR) is 78.1 cm³/mol. The molecule has 0 N–H and O–H groups in total. The van der Waals surface area contributed by atoms with Gasteiger partial charge in [0.25, 0.3) is 0 Å². The van der Waals surface area contributed by atoms with Crippen LogP contribution >= 0.6 is 0 Å². The summed E-state index contributed by atoms with van der Waals surface area (Å²) < 4.78 is 0. The number of hydrogen-bond acceptors (Lipinski definition) is 0. The van der Waals surface area contributed by atoms with Crippen LogP contribution < -0.4 is 0 Å². The summed E-state index contributed by atoms with van der Waals surface area (Å²) in [4.78, 5) is 0. The Kier molecular flexibility index (Phi) is 6.04. The molecule has 0 amide bonds. The maximum Gasteiger partial charge on any atom is -0.0262 e. The molecule has 17 heavy (non-hydrogen) atoms. The largest absolute Gasteiger partial charge is 0.0985 e. The van der Waals surface area contributed by atoms with Crippen LogP contribution in [0.15, 0.2) is 30.8 Å². The molecule has 0 bridgehead atoms. The van der Waals surface area contributed by atoms with Crippen molar-refractivity contribution >= 4 is 6.08 Å². The van der Waals surface area contributed by atoms with Gasteiger partial charge in [0.15, 0.2) is 0 Å². The summed E-state index contributed by atoms with van der Waals surface area (Å²) in [7, 11) is 0. The standard InChI is InChI=1S/C9H10.C8H16/c1-3-9-6-4-8(2)5-7-9;1-7-3-5-8(2)6-4-7/h3-7H,1H2,2H3;7-8H,3-6H2,1-2H3. The Labute approximate surface area is 107 Å². The van der Waals surface area contributed by atoms with E-state index in [4.69, 9.17) is 0 Å². The van der Waals surface area contributed by atoms with Crippen LogP contribution in [0.1, 0.15) is 50.7 Å². The van der Waals surface area contributed by atoms with Crippen LogP contribution in [-0.4, -0.2) is 0 Å². The zero-order valence-corrected chi connectivity index (χ0v) is 11.6. The fraction of sp³-hybridized carbons (Fsp3) is 0.529. The number of aryl methyl sites for hydroxylation is 1. The van der Waals surface area contributed by atoms with Crippen LogP contribution in [0.25, 0.3) is 6.08 Å². The molecular formula is C17H26. The molecule has 1 fully saturated rings. The third-order valence-electron chi connectivity index (χ3n) is 3.62. The van der Waals surface area contributed by atoms with Gasteiger partial charge in [0.05, 0.1) is 0 Å². The van der Waals surface area contributed by atoms with Crippen molar-refractivity contribution in [1.29, 1.82) is 0 Å². The minimum atomic E-state index is 1.02. The first-order chi connectivity index (χ1) is 8.11. The van der Waals surface area contributed by atoms with Gasteiger partial charge in [0.1, 0.15) is 0 Å². The first-order valence-corrected chi connectivity index (χ1v) is 6.81. The summed E-state index contributed by atoms with van der Waals surface area (Å²) >= 11 is 0. The third kappa shape index (κ3) is 5.72. The Morgan fingerprint density at radius 1 is 0.941 bits per heavy atom. The molecule has 0 radical (unpaired) electrons. The molecule has 1 saturated carbocycles. The molecule has 0 heterocycles. The Morgan fingerprint density at radius 3 is 1.71 bits per heavy atom. The molecule has 0 atom stereocenters. The van der Waals surface area contributed by atoms with Gasteiger partial charge in [-0.1, -0.05) is 82.0 Å². The topological polar surface area (TPSA) is 0 Å². The van der Waals surface area contributed by atoms with E-state index in [-0.39, 0.29) is 0 Å². The monoisotopic (exact) mass is 230 g/mol. The van der Waals surface area contributed by atoms with Crippen LogP contribution in [0.5, 0.6) is 0 Å². The molecule has 0 saturated heterocycles. The molecule has 0 unspecified atom stereocenters. The van der Waals surface area contributed by atoms with Crippen molar-refractivity contribution in [2.75, 3.05) is 0 Å². The lowest BCUT2D eigenvalue weighted by atomic mass is 9.84. The van der Waals surface area contributed by atoms with Crippen LogP contribution in [-0.2, 0) is 0 Å². The summed E-state index contributed by atoms with van der Waals surface area (Å²) in [6.45, 7) is 10.5. The van der Waals surface area contributed by atoms with Crippen LogP contribution in [0.2, 0.25) is 0 Å². The summed E-state index contributed by atoms with van der Waals surface area (Å²) in [5, 5.41) is 0. The van der Waals surface area contributed by atoms with E-state index in [0.29, 0.717) is 0 Å². The van der Waals surface area contributed by atoms with E-state index in [1.54, 1.807) is 0 Å². The summed E-state index contributed by atoms with van der Waals surface area (Å²) in [6, 6.07) is 8.28. The van der Waals surface area contributed by atoms with Gasteiger partial charge in [-0.3, -0.25) is 0 Å². The van der Waals surface area contributed by atoms with E-state index >= 15 is 0 Å². The number of hydrogen-bond donors (Lipinski definition) is 0. The first kappa shape index (κ1) is 14.0. The van der Waals surface area contributed by atoms with Crippen molar-refractivity contribution in [1.82, 2.24) is 0 Å². The van der Waals surface area contributed by atoms with Gasteiger partial charge in [-0.15, -0.1) is 0 Å². The van der Waals surface area contributed by atoms with Gasteiger partial charge in [-0.05, 0) is 24.3 Å². The molecule has 1 aliphatic carbocycles. The molecule has 0 heteroatoms. The van der Waals surface area contributed by atoms with Crippen molar-refractivity contribution in [3.05, 3.63) is 42.0 Å². The smallest absolute Gasteiger partial charge is 0.0262 e. The maximum atomic E-state index is 3.66. The molecule has 0 aliphatic heterocycles. The zero-order chi connectivity index (χ0) is 12.7. The van der Waals surface area contributed by atoms with Crippen molar-refractivity contribution in [3.8, 4) is 0 Å². The minimum absolute atomic E-state index is 1.02. The number of benzene rings is 1. The maximum absolute atomic E-state index is 3.66. The lowest BCUT2D eigenvalue weighted by Crippen LogP contribution is -2.08. The van der Waals surface area contributed by atoms with Crippen molar-refractivity contribution < 1.29 is 0 Å².